The van der Waals surface area contributed by atoms with E-state index in [0.717, 1.165) is 5.92 Å². The van der Waals surface area contributed by atoms with Crippen molar-refractivity contribution in [3.63, 3.8) is 0 Å². The Balaban J connectivity index is 2.08. The fraction of sp³-hybridized carbons (Fsp3) is 0.889. The Morgan fingerprint density at radius 3 is 2.44 bits per heavy atom. The van der Waals surface area contributed by atoms with Gasteiger partial charge in [0.05, 0.1) is 0 Å². The van der Waals surface area contributed by atoms with Crippen molar-refractivity contribution in [2.75, 3.05) is 0 Å². The van der Waals surface area contributed by atoms with Gasteiger partial charge in [-0.3, -0.25) is 0 Å². The van der Waals surface area contributed by atoms with Gasteiger partial charge in [-0.2, -0.15) is 0 Å². The van der Waals surface area contributed by atoms with Gasteiger partial charge >= 0.3 is 0 Å². The van der Waals surface area contributed by atoms with E-state index in [0.29, 0.717) is 0 Å². The van der Waals surface area contributed by atoms with Gasteiger partial charge in [0.15, 0.2) is 0 Å². The Kier molecular flexibility index (Phi) is 3.10. The first-order chi connectivity index (χ1) is 4.43. The minimum Gasteiger partial charge on any atom is -0.0622 e. The van der Waals surface area contributed by atoms with Crippen LogP contribution in [0.2, 0.25) is 0 Å². The average molecular weight is 125 g/mol. The van der Waals surface area contributed by atoms with Crippen LogP contribution in [0.25, 0.3) is 0 Å². The Labute approximate surface area is 58.7 Å². The summed E-state index contributed by atoms with van der Waals surface area (Å²) in [5, 5.41) is 0. The molecule has 1 rings (SSSR count). The lowest BCUT2D eigenvalue weighted by molar-refractivity contribution is 0.354. The van der Waals surface area contributed by atoms with Gasteiger partial charge < -0.3 is 0 Å². The molecule has 0 heterocycles. The van der Waals surface area contributed by atoms with Gasteiger partial charge in [-0.05, 0) is 18.8 Å². The van der Waals surface area contributed by atoms with Gasteiger partial charge in [-0.25, -0.2) is 0 Å². The van der Waals surface area contributed by atoms with E-state index in [1.165, 1.54) is 38.5 Å². The van der Waals surface area contributed by atoms with E-state index in [1.807, 2.05) is 0 Å². The molecule has 0 unspecified atom stereocenters. The Bertz CT molecular complexity index is 57.7. The van der Waals surface area contributed by atoms with Crippen LogP contribution in [0.15, 0.2) is 0 Å². The molecule has 0 aromatic heterocycles. The van der Waals surface area contributed by atoms with Crippen LogP contribution >= 0.6 is 0 Å². The van der Waals surface area contributed by atoms with Crippen molar-refractivity contribution in [2.45, 2.75) is 45.4 Å². The van der Waals surface area contributed by atoms with Gasteiger partial charge in [0.1, 0.15) is 0 Å². The van der Waals surface area contributed by atoms with Crippen LogP contribution in [0.4, 0.5) is 0 Å². The molecule has 1 saturated carbocycles. The third-order valence-corrected chi connectivity index (χ3v) is 2.29. The zero-order chi connectivity index (χ0) is 6.53. The van der Waals surface area contributed by atoms with E-state index in [-0.39, 0.29) is 0 Å². The van der Waals surface area contributed by atoms with Crippen LogP contribution in [-0.4, -0.2) is 0 Å². The SMILES string of the molecule is C[CH]CC1CCCCC1. The molecule has 1 aliphatic carbocycles. The van der Waals surface area contributed by atoms with Crippen LogP contribution in [0.5, 0.6) is 0 Å². The lowest BCUT2D eigenvalue weighted by Gasteiger charge is -2.20. The summed E-state index contributed by atoms with van der Waals surface area (Å²) in [5.74, 6) is 1.05. The van der Waals surface area contributed by atoms with E-state index in [9.17, 15) is 0 Å². The molecule has 0 aliphatic heterocycles. The predicted octanol–water partition coefficient (Wildman–Crippen LogP) is 3.18. The fourth-order valence-corrected chi connectivity index (χ4v) is 1.76. The molecule has 0 bridgehead atoms. The minimum atomic E-state index is 1.05. The van der Waals surface area contributed by atoms with E-state index < -0.39 is 0 Å². The van der Waals surface area contributed by atoms with Crippen LogP contribution in [0.1, 0.15) is 45.4 Å². The Morgan fingerprint density at radius 2 is 1.89 bits per heavy atom. The zero-order valence-electron chi connectivity index (χ0n) is 6.40. The molecule has 0 amide bonds. The largest absolute Gasteiger partial charge is 0.0622 e. The lowest BCUT2D eigenvalue weighted by atomic mass is 9.86. The summed E-state index contributed by atoms with van der Waals surface area (Å²) in [4.78, 5) is 0. The molecule has 0 spiro atoms. The highest BCUT2D eigenvalue weighted by atomic mass is 14.2. The number of hydrogen-bond acceptors (Lipinski definition) is 0. The van der Waals surface area contributed by atoms with E-state index in [1.54, 1.807) is 0 Å². The van der Waals surface area contributed by atoms with Crippen molar-refractivity contribution in [1.82, 2.24) is 0 Å². The molecule has 0 heteroatoms. The first-order valence-corrected chi connectivity index (χ1v) is 4.21. The summed E-state index contributed by atoms with van der Waals surface area (Å²) >= 11 is 0. The van der Waals surface area contributed by atoms with Crippen molar-refractivity contribution in [1.29, 1.82) is 0 Å². The van der Waals surface area contributed by atoms with Gasteiger partial charge in [0.2, 0.25) is 0 Å². The second-order valence-corrected chi connectivity index (χ2v) is 3.15. The predicted molar refractivity (Wildman–Crippen MR) is 41.2 cm³/mol. The van der Waals surface area contributed by atoms with Crippen molar-refractivity contribution in [2.24, 2.45) is 5.92 Å². The van der Waals surface area contributed by atoms with Crippen LogP contribution < -0.4 is 0 Å². The first-order valence-electron chi connectivity index (χ1n) is 4.21. The normalized spacial score (nSPS) is 22.3. The molecular formula is C9H17. The monoisotopic (exact) mass is 125 g/mol. The molecule has 1 aliphatic rings. The van der Waals surface area contributed by atoms with Crippen LogP contribution in [0, 0.1) is 12.3 Å². The van der Waals surface area contributed by atoms with Gasteiger partial charge in [-0.1, -0.05) is 39.0 Å². The number of hydrogen-bond donors (Lipinski definition) is 0. The standard InChI is InChI=1S/C9H17/c1-2-6-9-7-4-3-5-8-9/h2,9H,3-8H2,1H3. The summed E-state index contributed by atoms with van der Waals surface area (Å²) in [7, 11) is 0. The van der Waals surface area contributed by atoms with Gasteiger partial charge in [0.25, 0.3) is 0 Å². The van der Waals surface area contributed by atoms with E-state index in [4.69, 9.17) is 0 Å². The molecule has 0 nitrogen and oxygen atoms in total. The number of rotatable bonds is 2. The summed E-state index contributed by atoms with van der Waals surface area (Å²) in [6.07, 6.45) is 11.1. The maximum absolute atomic E-state index is 2.32. The maximum atomic E-state index is 2.32. The van der Waals surface area contributed by atoms with Crippen molar-refractivity contribution in [3.05, 3.63) is 6.42 Å². The highest BCUT2D eigenvalue weighted by Gasteiger charge is 2.11. The van der Waals surface area contributed by atoms with Crippen molar-refractivity contribution < 1.29 is 0 Å². The third kappa shape index (κ3) is 2.38. The second-order valence-electron chi connectivity index (χ2n) is 3.15. The molecule has 0 aromatic rings. The Morgan fingerprint density at radius 1 is 1.22 bits per heavy atom. The first kappa shape index (κ1) is 7.11. The van der Waals surface area contributed by atoms with Crippen LogP contribution in [-0.2, 0) is 0 Å². The second kappa shape index (κ2) is 3.92. The highest BCUT2D eigenvalue weighted by Crippen LogP contribution is 2.26. The topological polar surface area (TPSA) is 0 Å². The minimum absolute atomic E-state index is 1.05. The molecule has 0 saturated heterocycles. The summed E-state index contributed by atoms with van der Waals surface area (Å²) in [6.45, 7) is 2.18. The zero-order valence-corrected chi connectivity index (χ0v) is 6.40. The Hall–Kier alpha value is 0. The molecule has 53 valence electrons. The van der Waals surface area contributed by atoms with Gasteiger partial charge in [0, 0.05) is 0 Å². The molecule has 0 N–H and O–H groups in total. The highest BCUT2D eigenvalue weighted by molar-refractivity contribution is 4.70. The molecule has 0 atom stereocenters. The molecule has 9 heavy (non-hydrogen) atoms. The third-order valence-electron chi connectivity index (χ3n) is 2.29. The van der Waals surface area contributed by atoms with E-state index in [2.05, 4.69) is 13.3 Å². The average Bonchev–Trinajstić information content (AvgIpc) is 1.91. The smallest absolute Gasteiger partial charge is 0.0412 e. The van der Waals surface area contributed by atoms with E-state index >= 15 is 0 Å². The van der Waals surface area contributed by atoms with Crippen molar-refractivity contribution in [3.8, 4) is 0 Å². The molecule has 1 fully saturated rings. The molecular weight excluding hydrogens is 108 g/mol. The fourth-order valence-electron chi connectivity index (χ4n) is 1.76. The quantitative estimate of drug-likeness (QED) is 0.531. The summed E-state index contributed by atoms with van der Waals surface area (Å²) in [6, 6.07) is 0. The van der Waals surface area contributed by atoms with Crippen molar-refractivity contribution >= 4 is 0 Å². The molecule has 1 radical (unpaired) electrons. The van der Waals surface area contributed by atoms with Crippen LogP contribution in [0.3, 0.4) is 0 Å². The summed E-state index contributed by atoms with van der Waals surface area (Å²) < 4.78 is 0. The lowest BCUT2D eigenvalue weighted by Crippen LogP contribution is -2.05. The summed E-state index contributed by atoms with van der Waals surface area (Å²) in [5.41, 5.74) is 0. The van der Waals surface area contributed by atoms with Gasteiger partial charge in [-0.15, -0.1) is 0 Å². The maximum Gasteiger partial charge on any atom is -0.0412 e. The molecule has 0 aromatic carbocycles.